The molecule has 45 heavy (non-hydrogen) atoms. The van der Waals surface area contributed by atoms with Gasteiger partial charge in [0.1, 0.15) is 17.5 Å². The van der Waals surface area contributed by atoms with Crippen molar-refractivity contribution in [2.75, 3.05) is 61.9 Å². The molecular weight excluding hydrogens is 578 g/mol. The van der Waals surface area contributed by atoms with Crippen LogP contribution in [0.1, 0.15) is 37.0 Å². The number of likely N-dealkylation sites (tertiary alicyclic amines) is 1. The van der Waals surface area contributed by atoms with Crippen LogP contribution < -0.4 is 4.74 Å². The molecule has 1 aliphatic heterocycles. The SMILES string of the molecule is CCOC12CC(OC)C3(O)CC(C1C3OC(=O)c1ccc(OC)cc1)C13C(OC)C=CC4(COC)CN(CC)C1C2C(OC)C43. The average Bonchev–Trinajstić information content (AvgIpc) is 3.42. The largest absolute Gasteiger partial charge is 0.497 e. The second-order valence-corrected chi connectivity index (χ2v) is 14.1. The number of hydrogen-bond acceptors (Lipinski definition) is 10. The van der Waals surface area contributed by atoms with Crippen LogP contribution in [0.5, 0.6) is 5.75 Å². The van der Waals surface area contributed by atoms with Crippen molar-refractivity contribution in [3.05, 3.63) is 42.0 Å². The van der Waals surface area contributed by atoms with Crippen LogP contribution in [0, 0.1) is 34.5 Å². The molecule has 248 valence electrons. The van der Waals surface area contributed by atoms with Crippen LogP contribution in [0.3, 0.4) is 0 Å². The summed E-state index contributed by atoms with van der Waals surface area (Å²) in [4.78, 5) is 16.5. The van der Waals surface area contributed by atoms with Gasteiger partial charge in [-0.2, -0.15) is 0 Å². The summed E-state index contributed by atoms with van der Waals surface area (Å²) in [7, 11) is 8.60. The van der Waals surface area contributed by atoms with Crippen LogP contribution in [0.4, 0.5) is 0 Å². The van der Waals surface area contributed by atoms with E-state index < -0.39 is 34.8 Å². The highest BCUT2D eigenvalue weighted by Gasteiger charge is 2.88. The summed E-state index contributed by atoms with van der Waals surface area (Å²) in [5.74, 6) is -0.310. The predicted molar refractivity (Wildman–Crippen MR) is 164 cm³/mol. The minimum Gasteiger partial charge on any atom is -0.497 e. The topological polar surface area (TPSA) is 105 Å². The molecule has 13 atom stereocenters. The molecular formula is C35H49NO9. The zero-order chi connectivity index (χ0) is 31.9. The van der Waals surface area contributed by atoms with Gasteiger partial charge < -0.3 is 38.3 Å². The minimum atomic E-state index is -1.41. The van der Waals surface area contributed by atoms with Gasteiger partial charge >= 0.3 is 5.97 Å². The van der Waals surface area contributed by atoms with E-state index >= 15 is 0 Å². The monoisotopic (exact) mass is 627 g/mol. The summed E-state index contributed by atoms with van der Waals surface area (Å²) < 4.78 is 44.1. The highest BCUT2D eigenvalue weighted by molar-refractivity contribution is 5.89. The number of hydrogen-bond donors (Lipinski definition) is 1. The minimum absolute atomic E-state index is 0.0388. The van der Waals surface area contributed by atoms with Gasteiger partial charge in [-0.15, -0.1) is 0 Å². The molecule has 1 aromatic carbocycles. The molecule has 10 heteroatoms. The van der Waals surface area contributed by atoms with Crippen molar-refractivity contribution < 1.29 is 43.1 Å². The molecule has 10 nitrogen and oxygen atoms in total. The fourth-order valence-corrected chi connectivity index (χ4v) is 12.0. The Kier molecular flexibility index (Phi) is 7.71. The molecule has 7 bridgehead atoms. The van der Waals surface area contributed by atoms with Crippen LogP contribution in [0.2, 0.25) is 0 Å². The number of piperidine rings is 1. The third kappa shape index (κ3) is 3.79. The zero-order valence-corrected chi connectivity index (χ0v) is 27.6. The number of methoxy groups -OCH3 is 5. The van der Waals surface area contributed by atoms with Crippen molar-refractivity contribution in [2.45, 2.75) is 68.3 Å². The third-order valence-corrected chi connectivity index (χ3v) is 12.9. The van der Waals surface area contributed by atoms with Gasteiger partial charge in [-0.25, -0.2) is 4.79 Å². The van der Waals surface area contributed by atoms with Gasteiger partial charge in [0, 0.05) is 82.6 Å². The maximum atomic E-state index is 13.9. The second-order valence-electron chi connectivity index (χ2n) is 14.1. The number of benzene rings is 1. The second kappa shape index (κ2) is 11.0. The predicted octanol–water partition coefficient (Wildman–Crippen LogP) is 2.96. The number of esters is 1. The number of aliphatic hydroxyl groups is 1. The van der Waals surface area contributed by atoms with E-state index in [1.165, 1.54) is 0 Å². The lowest BCUT2D eigenvalue weighted by atomic mass is 9.44. The van der Waals surface area contributed by atoms with E-state index in [9.17, 15) is 9.90 Å². The first kappa shape index (κ1) is 31.5. The van der Waals surface area contributed by atoms with Gasteiger partial charge in [-0.05, 0) is 50.1 Å². The molecule has 1 N–H and O–H groups in total. The lowest BCUT2D eigenvalue weighted by Gasteiger charge is -2.68. The lowest BCUT2D eigenvalue weighted by Crippen LogP contribution is -2.76. The summed E-state index contributed by atoms with van der Waals surface area (Å²) in [6.07, 6.45) is 3.56. The Morgan fingerprint density at radius 3 is 2.36 bits per heavy atom. The maximum absolute atomic E-state index is 13.9. The zero-order valence-electron chi connectivity index (χ0n) is 27.6. The molecule has 1 saturated heterocycles. The van der Waals surface area contributed by atoms with Gasteiger partial charge in [-0.3, -0.25) is 4.90 Å². The number of carbonyl (C=O) groups excluding carboxylic acids is 1. The first-order valence-corrected chi connectivity index (χ1v) is 16.4. The Hall–Kier alpha value is -2.05. The number of ether oxygens (including phenoxy) is 7. The first-order chi connectivity index (χ1) is 21.7. The van der Waals surface area contributed by atoms with Gasteiger partial charge in [0.25, 0.3) is 0 Å². The van der Waals surface area contributed by atoms with E-state index in [-0.39, 0.29) is 47.3 Å². The fraction of sp³-hybridized carbons (Fsp3) is 0.743. The molecule has 5 aliphatic carbocycles. The van der Waals surface area contributed by atoms with E-state index in [1.54, 1.807) is 52.7 Å². The van der Waals surface area contributed by atoms with Crippen molar-refractivity contribution in [3.63, 3.8) is 0 Å². The highest BCUT2D eigenvalue weighted by Crippen LogP contribution is 2.79. The normalized spacial score (nSPS) is 47.2. The Bertz CT molecular complexity index is 1320. The quantitative estimate of drug-likeness (QED) is 0.291. The summed E-state index contributed by atoms with van der Waals surface area (Å²) in [5, 5.41) is 12.8. The summed E-state index contributed by atoms with van der Waals surface area (Å²) in [5.41, 5.74) is -2.58. The van der Waals surface area contributed by atoms with Crippen molar-refractivity contribution >= 4 is 5.97 Å². The van der Waals surface area contributed by atoms with Gasteiger partial charge in [0.05, 0.1) is 43.2 Å². The Morgan fingerprint density at radius 2 is 1.76 bits per heavy atom. The molecule has 4 saturated carbocycles. The van der Waals surface area contributed by atoms with Gasteiger partial charge in [0.2, 0.25) is 0 Å². The van der Waals surface area contributed by atoms with Crippen LogP contribution in [0.15, 0.2) is 36.4 Å². The molecule has 1 spiro atoms. The highest BCUT2D eigenvalue weighted by atomic mass is 16.6. The van der Waals surface area contributed by atoms with Crippen LogP contribution >= 0.6 is 0 Å². The number of carbonyl (C=O) groups is 1. The number of nitrogens with zero attached hydrogens (tertiary/aromatic N) is 1. The summed E-state index contributed by atoms with van der Waals surface area (Å²) in [6.45, 7) is 6.93. The van der Waals surface area contributed by atoms with Crippen molar-refractivity contribution in [2.24, 2.45) is 34.5 Å². The van der Waals surface area contributed by atoms with E-state index in [4.69, 9.17) is 33.2 Å². The summed E-state index contributed by atoms with van der Waals surface area (Å²) >= 11 is 0. The van der Waals surface area contributed by atoms with E-state index in [2.05, 4.69) is 24.0 Å². The molecule has 5 fully saturated rings. The smallest absolute Gasteiger partial charge is 0.338 e. The van der Waals surface area contributed by atoms with Crippen molar-refractivity contribution in [3.8, 4) is 5.75 Å². The molecule has 13 unspecified atom stereocenters. The van der Waals surface area contributed by atoms with Crippen LogP contribution in [0.25, 0.3) is 0 Å². The standard InChI is InChI=1S/C35H49NO9/c1-8-36-18-32(19-39-3)15-14-23(41-5)35-22-16-33(38)24(42-6)17-34(44-9-2,26(29(35)36)27(43-7)28(32)35)25(22)30(33)45-31(37)20-10-12-21(40-4)13-11-20/h10-15,22-30,38H,8-9,16-19H2,1-7H3. The van der Waals surface area contributed by atoms with Gasteiger partial charge in [-0.1, -0.05) is 19.1 Å². The number of rotatable bonds is 11. The molecule has 6 aliphatic rings. The molecule has 7 rings (SSSR count). The molecule has 0 aromatic heterocycles. The first-order valence-electron chi connectivity index (χ1n) is 16.4. The molecule has 0 amide bonds. The molecule has 0 radical (unpaired) electrons. The summed E-state index contributed by atoms with van der Waals surface area (Å²) in [6, 6.07) is 6.93. The van der Waals surface area contributed by atoms with Crippen LogP contribution in [-0.2, 0) is 28.4 Å². The van der Waals surface area contributed by atoms with E-state index in [1.807, 2.05) is 14.0 Å². The Balaban J connectivity index is 1.45. The third-order valence-electron chi connectivity index (χ3n) is 12.9. The Morgan fingerprint density at radius 1 is 1.00 bits per heavy atom. The van der Waals surface area contributed by atoms with E-state index in [0.717, 1.165) is 13.1 Å². The average molecular weight is 628 g/mol. The Labute approximate surface area is 266 Å². The number of fused-ring (bicyclic) bond motifs is 2. The van der Waals surface area contributed by atoms with E-state index in [0.29, 0.717) is 37.4 Å². The maximum Gasteiger partial charge on any atom is 0.338 e. The van der Waals surface area contributed by atoms with Crippen molar-refractivity contribution in [1.82, 2.24) is 4.90 Å². The van der Waals surface area contributed by atoms with Crippen LogP contribution in [-0.4, -0.2) is 119 Å². The van der Waals surface area contributed by atoms with Gasteiger partial charge in [0.15, 0.2) is 0 Å². The molecule has 1 heterocycles. The lowest BCUT2D eigenvalue weighted by molar-refractivity contribution is -0.283. The van der Waals surface area contributed by atoms with Crippen molar-refractivity contribution in [1.29, 1.82) is 0 Å². The fourth-order valence-electron chi connectivity index (χ4n) is 12.0. The molecule has 1 aromatic rings.